The van der Waals surface area contributed by atoms with Crippen LogP contribution >= 0.6 is 24.8 Å². The third-order valence-electron chi connectivity index (χ3n) is 5.21. The van der Waals surface area contributed by atoms with Crippen molar-refractivity contribution in [3.63, 3.8) is 0 Å². The normalized spacial score (nSPS) is 26.5. The molecular weight excluding hydrogens is 377 g/mol. The van der Waals surface area contributed by atoms with Crippen LogP contribution in [0.4, 0.5) is 5.82 Å². The number of hydrogen-bond donors (Lipinski definition) is 2. The van der Waals surface area contributed by atoms with Crippen LogP contribution in [0.5, 0.6) is 0 Å². The maximum Gasteiger partial charge on any atom is 0.230 e. The van der Waals surface area contributed by atoms with E-state index in [1.165, 1.54) is 0 Å². The predicted octanol–water partition coefficient (Wildman–Crippen LogP) is 1.90. The number of morpholine rings is 1. The molecule has 0 spiro atoms. The Balaban J connectivity index is 0.00000169. The van der Waals surface area contributed by atoms with E-state index in [-0.39, 0.29) is 36.6 Å². The molecule has 9 heteroatoms. The minimum Gasteiger partial charge on any atom is -0.379 e. The van der Waals surface area contributed by atoms with E-state index < -0.39 is 5.54 Å². The summed E-state index contributed by atoms with van der Waals surface area (Å²) < 4.78 is 7.23. The molecule has 1 amide bonds. The van der Waals surface area contributed by atoms with Gasteiger partial charge >= 0.3 is 0 Å². The highest BCUT2D eigenvalue weighted by atomic mass is 35.5. The second-order valence-electron chi connectivity index (χ2n) is 7.21. The third-order valence-corrected chi connectivity index (χ3v) is 5.21. The van der Waals surface area contributed by atoms with Crippen molar-refractivity contribution < 1.29 is 9.53 Å². The first-order valence-electron chi connectivity index (χ1n) is 8.98. The monoisotopic (exact) mass is 407 g/mol. The number of hydrogen-bond acceptors (Lipinski definition) is 5. The number of nitrogens with one attached hydrogen (secondary N) is 1. The van der Waals surface area contributed by atoms with Crippen LogP contribution in [0, 0.1) is 5.92 Å². The molecule has 3 N–H and O–H groups in total. The van der Waals surface area contributed by atoms with Crippen LogP contribution in [0.25, 0.3) is 0 Å². The molecule has 2 atom stereocenters. The fourth-order valence-electron chi connectivity index (χ4n) is 3.62. The molecule has 0 radical (unpaired) electrons. The summed E-state index contributed by atoms with van der Waals surface area (Å²) in [6.07, 6.45) is 5.85. The molecule has 3 rings (SSSR count). The standard InChI is InChI=1S/C17H29N5O2.2ClH/c1-17(18)6-3-2-4-14(17)16(23)19-15-5-7-22(20-15)9-8-21-10-12-24-13-11-21;;/h5,7,14H,2-4,6,8-13,18H2,1H3,(H,19,20,23);2*1H. The summed E-state index contributed by atoms with van der Waals surface area (Å²) >= 11 is 0. The Morgan fingerprint density at radius 2 is 2.08 bits per heavy atom. The van der Waals surface area contributed by atoms with Gasteiger partial charge in [0.05, 0.1) is 25.7 Å². The average molecular weight is 408 g/mol. The molecule has 2 heterocycles. The maximum atomic E-state index is 12.5. The van der Waals surface area contributed by atoms with Gasteiger partial charge in [0.15, 0.2) is 5.82 Å². The zero-order chi connectivity index (χ0) is 17.0. The summed E-state index contributed by atoms with van der Waals surface area (Å²) in [5.41, 5.74) is 5.89. The van der Waals surface area contributed by atoms with Crippen molar-refractivity contribution >= 4 is 36.5 Å². The first-order valence-corrected chi connectivity index (χ1v) is 8.98. The summed E-state index contributed by atoms with van der Waals surface area (Å²) in [5, 5.41) is 7.40. The van der Waals surface area contributed by atoms with Crippen molar-refractivity contribution in [2.24, 2.45) is 11.7 Å². The van der Waals surface area contributed by atoms with Gasteiger partial charge in [-0.1, -0.05) is 12.8 Å². The van der Waals surface area contributed by atoms with E-state index in [2.05, 4.69) is 15.3 Å². The zero-order valence-electron chi connectivity index (χ0n) is 15.4. The Labute approximate surface area is 167 Å². The molecule has 7 nitrogen and oxygen atoms in total. The van der Waals surface area contributed by atoms with Crippen LogP contribution in [-0.4, -0.2) is 59.0 Å². The Bertz CT molecular complexity index is 561. The Kier molecular flexibility index (Phi) is 9.33. The number of nitrogens with zero attached hydrogens (tertiary/aromatic N) is 3. The summed E-state index contributed by atoms with van der Waals surface area (Å²) in [5.74, 6) is 0.478. The zero-order valence-corrected chi connectivity index (χ0v) is 17.0. The Morgan fingerprint density at radius 3 is 2.77 bits per heavy atom. The summed E-state index contributed by atoms with van der Waals surface area (Å²) in [6, 6.07) is 1.86. The number of rotatable bonds is 5. The van der Waals surface area contributed by atoms with E-state index in [1.54, 1.807) is 0 Å². The quantitative estimate of drug-likeness (QED) is 0.778. The van der Waals surface area contributed by atoms with Crippen LogP contribution in [0.15, 0.2) is 12.3 Å². The van der Waals surface area contributed by atoms with Gasteiger partial charge in [0, 0.05) is 37.4 Å². The van der Waals surface area contributed by atoms with Crippen molar-refractivity contribution in [2.45, 2.75) is 44.7 Å². The minimum atomic E-state index is -0.415. The van der Waals surface area contributed by atoms with E-state index in [0.717, 1.165) is 65.1 Å². The molecule has 2 fully saturated rings. The summed E-state index contributed by atoms with van der Waals surface area (Å²) in [6.45, 7) is 7.30. The minimum absolute atomic E-state index is 0. The topological polar surface area (TPSA) is 85.4 Å². The second-order valence-corrected chi connectivity index (χ2v) is 7.21. The first kappa shape index (κ1) is 23.2. The molecule has 2 unspecified atom stereocenters. The van der Waals surface area contributed by atoms with Gasteiger partial charge in [-0.3, -0.25) is 14.4 Å². The Morgan fingerprint density at radius 1 is 1.35 bits per heavy atom. The van der Waals surface area contributed by atoms with Crippen LogP contribution in [0.3, 0.4) is 0 Å². The van der Waals surface area contributed by atoms with E-state index in [4.69, 9.17) is 10.5 Å². The summed E-state index contributed by atoms with van der Waals surface area (Å²) in [4.78, 5) is 14.9. The lowest BCUT2D eigenvalue weighted by atomic mass is 9.74. The lowest BCUT2D eigenvalue weighted by molar-refractivity contribution is -0.122. The molecular formula is C17H31Cl2N5O2. The molecule has 1 aliphatic carbocycles. The number of carbonyl (C=O) groups excluding carboxylic acids is 1. The van der Waals surface area contributed by atoms with Gasteiger partial charge in [-0.15, -0.1) is 24.8 Å². The molecule has 26 heavy (non-hydrogen) atoms. The van der Waals surface area contributed by atoms with Gasteiger partial charge in [0.1, 0.15) is 0 Å². The van der Waals surface area contributed by atoms with Crippen molar-refractivity contribution in [1.82, 2.24) is 14.7 Å². The van der Waals surface area contributed by atoms with E-state index in [9.17, 15) is 4.79 Å². The average Bonchev–Trinajstić information content (AvgIpc) is 3.01. The van der Waals surface area contributed by atoms with Gasteiger partial charge in [0.25, 0.3) is 0 Å². The van der Waals surface area contributed by atoms with Gasteiger partial charge in [0.2, 0.25) is 5.91 Å². The maximum absolute atomic E-state index is 12.5. The lowest BCUT2D eigenvalue weighted by Gasteiger charge is -2.37. The summed E-state index contributed by atoms with van der Waals surface area (Å²) in [7, 11) is 0. The highest BCUT2D eigenvalue weighted by molar-refractivity contribution is 5.92. The van der Waals surface area contributed by atoms with Crippen molar-refractivity contribution in [3.05, 3.63) is 12.3 Å². The predicted molar refractivity (Wildman–Crippen MR) is 107 cm³/mol. The Hall–Kier alpha value is -0.860. The number of nitrogens with two attached hydrogens (primary N) is 1. The molecule has 1 saturated carbocycles. The van der Waals surface area contributed by atoms with Crippen molar-refractivity contribution in [2.75, 3.05) is 38.2 Å². The van der Waals surface area contributed by atoms with Crippen LogP contribution in [0.2, 0.25) is 0 Å². The fraction of sp³-hybridized carbons (Fsp3) is 0.765. The molecule has 0 bridgehead atoms. The molecule has 1 saturated heterocycles. The van der Waals surface area contributed by atoms with E-state index in [1.807, 2.05) is 23.9 Å². The van der Waals surface area contributed by atoms with Gasteiger partial charge in [-0.25, -0.2) is 0 Å². The molecule has 2 aliphatic rings. The van der Waals surface area contributed by atoms with Gasteiger partial charge < -0.3 is 15.8 Å². The molecule has 1 aromatic heterocycles. The van der Waals surface area contributed by atoms with Crippen LogP contribution in [-0.2, 0) is 16.1 Å². The number of ether oxygens (including phenoxy) is 1. The number of anilines is 1. The number of carbonyl (C=O) groups is 1. The van der Waals surface area contributed by atoms with Gasteiger partial charge in [-0.05, 0) is 19.8 Å². The number of aromatic nitrogens is 2. The molecule has 0 aromatic carbocycles. The smallest absolute Gasteiger partial charge is 0.230 e. The van der Waals surface area contributed by atoms with Crippen LogP contribution in [0.1, 0.15) is 32.6 Å². The van der Waals surface area contributed by atoms with Crippen molar-refractivity contribution in [3.8, 4) is 0 Å². The highest BCUT2D eigenvalue weighted by Crippen LogP contribution is 2.32. The second kappa shape index (κ2) is 10.5. The first-order chi connectivity index (χ1) is 11.5. The lowest BCUT2D eigenvalue weighted by Crippen LogP contribution is -2.51. The highest BCUT2D eigenvalue weighted by Gasteiger charge is 2.37. The third kappa shape index (κ3) is 6.09. The van der Waals surface area contributed by atoms with E-state index >= 15 is 0 Å². The van der Waals surface area contributed by atoms with Crippen LogP contribution < -0.4 is 11.1 Å². The molecule has 1 aliphatic heterocycles. The fourth-order valence-corrected chi connectivity index (χ4v) is 3.62. The number of halogens is 2. The van der Waals surface area contributed by atoms with Crippen molar-refractivity contribution in [1.29, 1.82) is 0 Å². The van der Waals surface area contributed by atoms with Gasteiger partial charge in [-0.2, -0.15) is 5.10 Å². The SMILES string of the molecule is CC1(N)CCCCC1C(=O)Nc1ccn(CCN2CCOCC2)n1.Cl.Cl. The largest absolute Gasteiger partial charge is 0.379 e. The number of amides is 1. The van der Waals surface area contributed by atoms with E-state index in [0.29, 0.717) is 5.82 Å². The molecule has 1 aromatic rings. The molecule has 150 valence electrons.